The van der Waals surface area contributed by atoms with Crippen molar-refractivity contribution in [3.63, 3.8) is 0 Å². The van der Waals surface area contributed by atoms with E-state index in [0.29, 0.717) is 12.0 Å². The molecule has 18 heavy (non-hydrogen) atoms. The molecule has 1 unspecified atom stereocenters. The maximum absolute atomic E-state index is 10.1. The molecule has 1 fully saturated rings. The minimum absolute atomic E-state index is 0.260. The standard InChI is InChI=1S/C14H20BrNO2/c15-12-3-1-2-11(8-12)13(18)9-16-10-14(4-5-14)6-7-17/h1-3,8,13,16-18H,4-7,9-10H2. The topological polar surface area (TPSA) is 52.5 Å². The SMILES string of the molecule is OCCC1(CNCC(O)c2cccc(Br)c2)CC1. The van der Waals surface area contributed by atoms with Crippen molar-refractivity contribution in [2.75, 3.05) is 19.7 Å². The van der Waals surface area contributed by atoms with Crippen LogP contribution in [0.5, 0.6) is 0 Å². The van der Waals surface area contributed by atoms with Crippen LogP contribution in [-0.2, 0) is 0 Å². The summed E-state index contributed by atoms with van der Waals surface area (Å²) in [4.78, 5) is 0. The van der Waals surface area contributed by atoms with Gasteiger partial charge in [-0.3, -0.25) is 0 Å². The van der Waals surface area contributed by atoms with Gasteiger partial charge < -0.3 is 15.5 Å². The molecule has 0 amide bonds. The van der Waals surface area contributed by atoms with Gasteiger partial charge in [0, 0.05) is 24.2 Å². The van der Waals surface area contributed by atoms with Gasteiger partial charge in [-0.2, -0.15) is 0 Å². The van der Waals surface area contributed by atoms with Gasteiger partial charge in [-0.05, 0) is 42.4 Å². The fourth-order valence-electron chi connectivity index (χ4n) is 2.23. The third-order valence-electron chi connectivity index (χ3n) is 3.67. The molecule has 0 spiro atoms. The molecule has 1 saturated carbocycles. The largest absolute Gasteiger partial charge is 0.396 e. The van der Waals surface area contributed by atoms with Crippen LogP contribution in [0.25, 0.3) is 0 Å². The summed E-state index contributed by atoms with van der Waals surface area (Å²) in [6.07, 6.45) is 2.76. The second-order valence-electron chi connectivity index (χ2n) is 5.18. The van der Waals surface area contributed by atoms with Gasteiger partial charge in [-0.15, -0.1) is 0 Å². The van der Waals surface area contributed by atoms with Crippen LogP contribution in [0.2, 0.25) is 0 Å². The van der Waals surface area contributed by atoms with E-state index in [0.717, 1.165) is 23.0 Å². The summed E-state index contributed by atoms with van der Waals surface area (Å²) in [6.45, 7) is 1.71. The minimum Gasteiger partial charge on any atom is -0.396 e. The summed E-state index contributed by atoms with van der Waals surface area (Å²) in [5.41, 5.74) is 1.22. The average molecular weight is 314 g/mol. The molecule has 2 rings (SSSR count). The fourth-order valence-corrected chi connectivity index (χ4v) is 2.65. The quantitative estimate of drug-likeness (QED) is 0.723. The molecule has 1 aromatic carbocycles. The molecular weight excluding hydrogens is 294 g/mol. The predicted octanol–water partition coefficient (Wildman–Crippen LogP) is 2.23. The molecule has 0 saturated heterocycles. The van der Waals surface area contributed by atoms with Crippen LogP contribution in [0, 0.1) is 5.41 Å². The minimum atomic E-state index is -0.479. The molecule has 0 bridgehead atoms. The van der Waals surface area contributed by atoms with E-state index in [1.54, 1.807) is 0 Å². The molecule has 1 aliphatic rings. The third kappa shape index (κ3) is 3.79. The van der Waals surface area contributed by atoms with Crippen molar-refractivity contribution in [3.8, 4) is 0 Å². The molecule has 4 heteroatoms. The monoisotopic (exact) mass is 313 g/mol. The first kappa shape index (κ1) is 14.0. The number of benzene rings is 1. The summed E-state index contributed by atoms with van der Waals surface area (Å²) in [7, 11) is 0. The highest BCUT2D eigenvalue weighted by Gasteiger charge is 2.41. The molecule has 0 aromatic heterocycles. The summed E-state index contributed by atoms with van der Waals surface area (Å²) >= 11 is 3.40. The van der Waals surface area contributed by atoms with Gasteiger partial charge in [-0.1, -0.05) is 28.1 Å². The Hall–Kier alpha value is -0.420. The predicted molar refractivity (Wildman–Crippen MR) is 75.3 cm³/mol. The normalized spacial score (nSPS) is 18.6. The van der Waals surface area contributed by atoms with Crippen LogP contribution >= 0.6 is 15.9 Å². The van der Waals surface area contributed by atoms with Crippen LogP contribution in [0.3, 0.4) is 0 Å². The highest BCUT2D eigenvalue weighted by molar-refractivity contribution is 9.10. The molecule has 0 heterocycles. The van der Waals surface area contributed by atoms with E-state index in [2.05, 4.69) is 21.2 Å². The lowest BCUT2D eigenvalue weighted by Crippen LogP contribution is -2.28. The molecule has 0 radical (unpaired) electrons. The van der Waals surface area contributed by atoms with Gasteiger partial charge in [0.05, 0.1) is 6.10 Å². The highest BCUT2D eigenvalue weighted by Crippen LogP contribution is 2.47. The van der Waals surface area contributed by atoms with E-state index in [4.69, 9.17) is 5.11 Å². The lowest BCUT2D eigenvalue weighted by Gasteiger charge is -2.17. The highest BCUT2D eigenvalue weighted by atomic mass is 79.9. The van der Waals surface area contributed by atoms with Crippen LogP contribution in [0.4, 0.5) is 0 Å². The zero-order chi connectivity index (χ0) is 13.0. The van der Waals surface area contributed by atoms with Crippen molar-refractivity contribution in [1.29, 1.82) is 0 Å². The summed E-state index contributed by atoms with van der Waals surface area (Å²) in [5.74, 6) is 0. The maximum atomic E-state index is 10.1. The molecule has 1 atom stereocenters. The van der Waals surface area contributed by atoms with Gasteiger partial charge in [0.1, 0.15) is 0 Å². The molecule has 100 valence electrons. The fraction of sp³-hybridized carbons (Fsp3) is 0.571. The summed E-state index contributed by atoms with van der Waals surface area (Å²) < 4.78 is 0.984. The first-order valence-electron chi connectivity index (χ1n) is 6.40. The second-order valence-corrected chi connectivity index (χ2v) is 6.09. The number of aliphatic hydroxyl groups excluding tert-OH is 2. The van der Waals surface area contributed by atoms with Crippen LogP contribution in [0.1, 0.15) is 30.9 Å². The van der Waals surface area contributed by atoms with Gasteiger partial charge in [0.2, 0.25) is 0 Å². The van der Waals surface area contributed by atoms with E-state index in [-0.39, 0.29) is 6.61 Å². The van der Waals surface area contributed by atoms with E-state index in [1.165, 1.54) is 12.8 Å². The molecule has 0 aliphatic heterocycles. The molecule has 1 aromatic rings. The first-order chi connectivity index (χ1) is 8.65. The zero-order valence-corrected chi connectivity index (χ0v) is 12.0. The second kappa shape index (κ2) is 6.15. The Balaban J connectivity index is 1.77. The Bertz CT molecular complexity index is 393. The Morgan fingerprint density at radius 1 is 1.39 bits per heavy atom. The van der Waals surface area contributed by atoms with E-state index >= 15 is 0 Å². The Morgan fingerprint density at radius 3 is 2.78 bits per heavy atom. The number of rotatable bonds is 7. The van der Waals surface area contributed by atoms with Gasteiger partial charge >= 0.3 is 0 Å². The summed E-state index contributed by atoms with van der Waals surface area (Å²) in [5, 5.41) is 22.4. The van der Waals surface area contributed by atoms with Crippen LogP contribution in [0.15, 0.2) is 28.7 Å². The summed E-state index contributed by atoms with van der Waals surface area (Å²) in [6, 6.07) is 7.74. The maximum Gasteiger partial charge on any atom is 0.0914 e. The Kier molecular flexibility index (Phi) is 4.78. The van der Waals surface area contributed by atoms with E-state index in [9.17, 15) is 5.11 Å². The van der Waals surface area contributed by atoms with Gasteiger partial charge in [0.25, 0.3) is 0 Å². The third-order valence-corrected chi connectivity index (χ3v) is 4.16. The van der Waals surface area contributed by atoms with Crippen molar-refractivity contribution in [3.05, 3.63) is 34.3 Å². The van der Waals surface area contributed by atoms with Crippen LogP contribution in [-0.4, -0.2) is 29.9 Å². The van der Waals surface area contributed by atoms with Gasteiger partial charge in [-0.25, -0.2) is 0 Å². The van der Waals surface area contributed by atoms with Crippen molar-refractivity contribution >= 4 is 15.9 Å². The zero-order valence-electron chi connectivity index (χ0n) is 10.4. The lowest BCUT2D eigenvalue weighted by atomic mass is 10.0. The van der Waals surface area contributed by atoms with E-state index in [1.807, 2.05) is 24.3 Å². The van der Waals surface area contributed by atoms with Crippen molar-refractivity contribution < 1.29 is 10.2 Å². The van der Waals surface area contributed by atoms with E-state index < -0.39 is 6.10 Å². The van der Waals surface area contributed by atoms with Crippen molar-refractivity contribution in [1.82, 2.24) is 5.32 Å². The van der Waals surface area contributed by atoms with Crippen LogP contribution < -0.4 is 5.32 Å². The lowest BCUT2D eigenvalue weighted by molar-refractivity contribution is 0.169. The number of halogens is 1. The number of hydrogen-bond donors (Lipinski definition) is 3. The molecule has 1 aliphatic carbocycles. The Labute approximate surface area is 116 Å². The van der Waals surface area contributed by atoms with Gasteiger partial charge in [0.15, 0.2) is 0 Å². The average Bonchev–Trinajstić information content (AvgIpc) is 3.09. The number of nitrogens with one attached hydrogen (secondary N) is 1. The molecule has 3 N–H and O–H groups in total. The molecule has 3 nitrogen and oxygen atoms in total. The van der Waals surface area contributed by atoms with Crippen molar-refractivity contribution in [2.24, 2.45) is 5.41 Å². The number of hydrogen-bond acceptors (Lipinski definition) is 3. The first-order valence-corrected chi connectivity index (χ1v) is 7.20. The Morgan fingerprint density at radius 2 is 2.17 bits per heavy atom. The molecular formula is C14H20BrNO2. The van der Waals surface area contributed by atoms with Crippen molar-refractivity contribution in [2.45, 2.75) is 25.4 Å². The number of aliphatic hydroxyl groups is 2. The smallest absolute Gasteiger partial charge is 0.0914 e.